The second kappa shape index (κ2) is 8.65. The number of nitrogens with zero attached hydrogens (tertiary/aromatic N) is 6. The van der Waals surface area contributed by atoms with Crippen LogP contribution in [-0.2, 0) is 0 Å². The van der Waals surface area contributed by atoms with Crippen LogP contribution >= 0.6 is 0 Å². The van der Waals surface area contributed by atoms with E-state index in [9.17, 15) is 14.9 Å². The fraction of sp³-hybridized carbons (Fsp3) is 0.375. The van der Waals surface area contributed by atoms with Crippen molar-refractivity contribution < 1.29 is 9.72 Å². The predicted octanol–water partition coefficient (Wildman–Crippen LogP) is 3.41. The van der Waals surface area contributed by atoms with Crippen LogP contribution in [0.3, 0.4) is 0 Å². The van der Waals surface area contributed by atoms with Gasteiger partial charge in [0, 0.05) is 50.9 Å². The number of aryl methyl sites for hydroxylation is 1. The average molecular weight is 447 g/mol. The Kier molecular flexibility index (Phi) is 5.53. The van der Waals surface area contributed by atoms with E-state index >= 15 is 0 Å². The van der Waals surface area contributed by atoms with Gasteiger partial charge in [0.1, 0.15) is 5.69 Å². The summed E-state index contributed by atoms with van der Waals surface area (Å²) in [4.78, 5) is 39.8. The Hall–Kier alpha value is -3.75. The summed E-state index contributed by atoms with van der Waals surface area (Å²) in [6, 6.07) is 12.7. The summed E-state index contributed by atoms with van der Waals surface area (Å²) in [5.41, 5.74) is 3.54. The second-order valence-electron chi connectivity index (χ2n) is 8.56. The lowest BCUT2D eigenvalue weighted by molar-refractivity contribution is -0.384. The van der Waals surface area contributed by atoms with Crippen LogP contribution < -0.4 is 9.80 Å². The summed E-state index contributed by atoms with van der Waals surface area (Å²) in [5.74, 6) is 0.665. The molecular formula is C24H26N6O3. The fourth-order valence-electron chi connectivity index (χ4n) is 4.71. The van der Waals surface area contributed by atoms with Crippen LogP contribution in [0.2, 0.25) is 0 Å². The normalized spacial score (nSPS) is 16.5. The van der Waals surface area contributed by atoms with Crippen LogP contribution in [0, 0.1) is 17.0 Å². The Morgan fingerprint density at radius 1 is 0.909 bits per heavy atom. The number of anilines is 2. The first-order valence-electron chi connectivity index (χ1n) is 11.3. The third-order valence-corrected chi connectivity index (χ3v) is 6.45. The summed E-state index contributed by atoms with van der Waals surface area (Å²) in [6.07, 6.45) is 2.06. The van der Waals surface area contributed by atoms with Crippen molar-refractivity contribution in [2.45, 2.75) is 19.8 Å². The highest BCUT2D eigenvalue weighted by Crippen LogP contribution is 2.32. The summed E-state index contributed by atoms with van der Waals surface area (Å²) >= 11 is 0. The Morgan fingerprint density at radius 3 is 2.24 bits per heavy atom. The first-order chi connectivity index (χ1) is 16.0. The molecule has 2 fully saturated rings. The molecule has 2 aliphatic rings. The minimum Gasteiger partial charge on any atom is -0.366 e. The summed E-state index contributed by atoms with van der Waals surface area (Å²) in [7, 11) is 0. The molecule has 0 spiro atoms. The van der Waals surface area contributed by atoms with Gasteiger partial charge in [-0.15, -0.1) is 0 Å². The number of fused-ring (bicyclic) bond motifs is 1. The average Bonchev–Trinajstić information content (AvgIpc) is 3.38. The van der Waals surface area contributed by atoms with E-state index in [-0.39, 0.29) is 16.5 Å². The molecule has 0 N–H and O–H groups in total. The van der Waals surface area contributed by atoms with Gasteiger partial charge in [0.05, 0.1) is 21.7 Å². The molecular weight excluding hydrogens is 420 g/mol. The standard InChI is InChI=1S/C24H26N6O3/c1-17-23(26-20-7-3-2-6-19(20)25-17)28-12-14-29(15-13-28)24(31)18-8-9-21(22(16-18)30(32)33)27-10-4-5-11-27/h2-3,6-9,16H,4-5,10-15H2,1H3. The number of carbonyl (C=O) groups is 1. The van der Waals surface area contributed by atoms with Crippen LogP contribution in [0.15, 0.2) is 42.5 Å². The van der Waals surface area contributed by atoms with Crippen molar-refractivity contribution in [3.8, 4) is 0 Å². The molecule has 170 valence electrons. The number of aromatic nitrogens is 2. The maximum Gasteiger partial charge on any atom is 0.293 e. The highest BCUT2D eigenvalue weighted by atomic mass is 16.6. The molecule has 2 saturated heterocycles. The highest BCUT2D eigenvalue weighted by molar-refractivity contribution is 5.96. The molecule has 3 heterocycles. The van der Waals surface area contributed by atoms with Gasteiger partial charge in [-0.25, -0.2) is 9.97 Å². The Bertz CT molecular complexity index is 1220. The smallest absolute Gasteiger partial charge is 0.293 e. The largest absolute Gasteiger partial charge is 0.366 e. The van der Waals surface area contributed by atoms with Crippen molar-refractivity contribution >= 4 is 34.1 Å². The predicted molar refractivity (Wildman–Crippen MR) is 127 cm³/mol. The van der Waals surface area contributed by atoms with Gasteiger partial charge in [-0.1, -0.05) is 12.1 Å². The van der Waals surface area contributed by atoms with E-state index < -0.39 is 0 Å². The van der Waals surface area contributed by atoms with Crippen LogP contribution in [0.1, 0.15) is 28.9 Å². The Labute approximate surface area is 191 Å². The number of nitro groups is 1. The van der Waals surface area contributed by atoms with Gasteiger partial charge < -0.3 is 14.7 Å². The SMILES string of the molecule is Cc1nc2ccccc2nc1N1CCN(C(=O)c2ccc(N3CCCC3)c([N+](=O)[O-])c2)CC1. The van der Waals surface area contributed by atoms with Crippen molar-refractivity contribution in [3.63, 3.8) is 0 Å². The van der Waals surface area contributed by atoms with Gasteiger partial charge in [0.15, 0.2) is 5.82 Å². The molecule has 9 nitrogen and oxygen atoms in total. The lowest BCUT2D eigenvalue weighted by atomic mass is 10.1. The van der Waals surface area contributed by atoms with Crippen LogP contribution in [0.25, 0.3) is 11.0 Å². The van der Waals surface area contributed by atoms with Crippen LogP contribution in [0.4, 0.5) is 17.2 Å². The molecule has 33 heavy (non-hydrogen) atoms. The zero-order valence-electron chi connectivity index (χ0n) is 18.6. The molecule has 2 aromatic carbocycles. The van der Waals surface area contributed by atoms with E-state index in [0.717, 1.165) is 48.5 Å². The molecule has 2 aliphatic heterocycles. The summed E-state index contributed by atoms with van der Waals surface area (Å²) < 4.78 is 0. The molecule has 9 heteroatoms. The molecule has 5 rings (SSSR count). The summed E-state index contributed by atoms with van der Waals surface area (Å²) in [5, 5.41) is 11.7. The minimum absolute atomic E-state index is 0.00319. The maximum absolute atomic E-state index is 13.1. The van der Waals surface area contributed by atoms with Crippen molar-refractivity contribution in [3.05, 3.63) is 63.8 Å². The fourth-order valence-corrected chi connectivity index (χ4v) is 4.71. The zero-order valence-corrected chi connectivity index (χ0v) is 18.6. The van der Waals surface area contributed by atoms with E-state index in [4.69, 9.17) is 4.98 Å². The van der Waals surface area contributed by atoms with Gasteiger partial charge in [-0.05, 0) is 44.0 Å². The van der Waals surface area contributed by atoms with E-state index in [0.29, 0.717) is 37.4 Å². The molecule has 0 bridgehead atoms. The van der Waals surface area contributed by atoms with E-state index in [1.165, 1.54) is 6.07 Å². The molecule has 0 unspecified atom stereocenters. The van der Waals surface area contributed by atoms with Gasteiger partial charge in [-0.2, -0.15) is 0 Å². The first-order valence-corrected chi connectivity index (χ1v) is 11.3. The number of piperazine rings is 1. The molecule has 0 aliphatic carbocycles. The van der Waals surface area contributed by atoms with Crippen molar-refractivity contribution in [2.75, 3.05) is 49.1 Å². The third-order valence-electron chi connectivity index (χ3n) is 6.45. The van der Waals surface area contributed by atoms with E-state index in [1.807, 2.05) is 36.1 Å². The molecule has 0 radical (unpaired) electrons. The quantitative estimate of drug-likeness (QED) is 0.448. The maximum atomic E-state index is 13.1. The number of nitro benzene ring substituents is 1. The topological polar surface area (TPSA) is 95.7 Å². The lowest BCUT2D eigenvalue weighted by Crippen LogP contribution is -2.49. The second-order valence-corrected chi connectivity index (χ2v) is 8.56. The zero-order chi connectivity index (χ0) is 22.9. The van der Waals surface area contributed by atoms with Gasteiger partial charge in [0.25, 0.3) is 11.6 Å². The molecule has 1 amide bonds. The lowest BCUT2D eigenvalue weighted by Gasteiger charge is -2.36. The van der Waals surface area contributed by atoms with Gasteiger partial charge in [-0.3, -0.25) is 14.9 Å². The number of benzene rings is 2. The number of para-hydroxylation sites is 2. The number of rotatable bonds is 4. The van der Waals surface area contributed by atoms with Crippen molar-refractivity contribution in [1.29, 1.82) is 0 Å². The van der Waals surface area contributed by atoms with E-state index in [2.05, 4.69) is 9.88 Å². The molecule has 3 aromatic rings. The number of hydrogen-bond acceptors (Lipinski definition) is 7. The molecule has 0 atom stereocenters. The van der Waals surface area contributed by atoms with Crippen molar-refractivity contribution in [2.24, 2.45) is 0 Å². The third kappa shape index (κ3) is 4.06. The van der Waals surface area contributed by atoms with Crippen LogP contribution in [0.5, 0.6) is 0 Å². The number of hydrogen-bond donors (Lipinski definition) is 0. The Morgan fingerprint density at radius 2 is 1.58 bits per heavy atom. The Balaban J connectivity index is 1.31. The highest BCUT2D eigenvalue weighted by Gasteiger charge is 2.28. The minimum atomic E-state index is -0.385. The first kappa shape index (κ1) is 21.1. The monoisotopic (exact) mass is 446 g/mol. The number of amides is 1. The van der Waals surface area contributed by atoms with Crippen molar-refractivity contribution in [1.82, 2.24) is 14.9 Å². The number of carbonyl (C=O) groups excluding carboxylic acids is 1. The van der Waals surface area contributed by atoms with Gasteiger partial charge in [0.2, 0.25) is 0 Å². The summed E-state index contributed by atoms with van der Waals surface area (Å²) in [6.45, 7) is 5.89. The molecule has 0 saturated carbocycles. The molecule has 1 aromatic heterocycles. The van der Waals surface area contributed by atoms with Gasteiger partial charge >= 0.3 is 0 Å². The van der Waals surface area contributed by atoms with Crippen LogP contribution in [-0.4, -0.2) is 65.0 Å². The van der Waals surface area contributed by atoms with E-state index in [1.54, 1.807) is 17.0 Å².